The Labute approximate surface area is 124 Å². The van der Waals surface area contributed by atoms with Gasteiger partial charge in [0.1, 0.15) is 5.69 Å². The third-order valence-electron chi connectivity index (χ3n) is 3.02. The predicted molar refractivity (Wildman–Crippen MR) is 85.3 cm³/mol. The van der Waals surface area contributed by atoms with E-state index in [0.717, 1.165) is 16.9 Å². The van der Waals surface area contributed by atoms with Gasteiger partial charge in [0.2, 0.25) is 0 Å². The molecule has 0 unspecified atom stereocenters. The molecule has 0 aliphatic carbocycles. The third kappa shape index (κ3) is 3.92. The molecule has 0 saturated heterocycles. The van der Waals surface area contributed by atoms with Crippen molar-refractivity contribution in [2.45, 2.75) is 0 Å². The zero-order valence-corrected chi connectivity index (χ0v) is 12.4. The Morgan fingerprint density at radius 1 is 1.10 bits per heavy atom. The quantitative estimate of drug-likeness (QED) is 0.808. The summed E-state index contributed by atoms with van der Waals surface area (Å²) in [6.07, 6.45) is 3.83. The molecule has 2 rings (SSSR count). The van der Waals surface area contributed by atoms with Gasteiger partial charge in [0.15, 0.2) is 0 Å². The predicted octanol–water partition coefficient (Wildman–Crippen LogP) is 3.10. The molecule has 0 radical (unpaired) electrons. The van der Waals surface area contributed by atoms with E-state index in [1.54, 1.807) is 12.1 Å². The van der Waals surface area contributed by atoms with Gasteiger partial charge in [-0.2, -0.15) is 0 Å². The number of ether oxygens (including phenoxy) is 1. The van der Waals surface area contributed by atoms with Crippen LogP contribution in [0.4, 0.5) is 5.69 Å². The maximum Gasteiger partial charge on any atom is 0.356 e. The van der Waals surface area contributed by atoms with Crippen molar-refractivity contribution in [3.8, 4) is 0 Å². The summed E-state index contributed by atoms with van der Waals surface area (Å²) in [6, 6.07) is 13.4. The van der Waals surface area contributed by atoms with E-state index >= 15 is 0 Å². The molecule has 2 aromatic rings. The summed E-state index contributed by atoms with van der Waals surface area (Å²) in [5.74, 6) is -0.430. The van der Waals surface area contributed by atoms with E-state index in [9.17, 15) is 4.79 Å². The fraction of sp³-hybridized carbons (Fsp3) is 0.176. The van der Waals surface area contributed by atoms with Crippen LogP contribution >= 0.6 is 0 Å². The largest absolute Gasteiger partial charge is 0.464 e. The number of esters is 1. The Morgan fingerprint density at radius 3 is 2.43 bits per heavy atom. The van der Waals surface area contributed by atoms with Gasteiger partial charge in [-0.05, 0) is 35.9 Å². The van der Waals surface area contributed by atoms with Crippen molar-refractivity contribution in [1.82, 2.24) is 4.98 Å². The van der Waals surface area contributed by atoms with E-state index in [4.69, 9.17) is 0 Å². The number of benzene rings is 1. The van der Waals surface area contributed by atoms with Crippen LogP contribution in [-0.4, -0.2) is 32.2 Å². The van der Waals surface area contributed by atoms with E-state index in [2.05, 4.69) is 26.8 Å². The lowest BCUT2D eigenvalue weighted by Gasteiger charge is -2.11. The van der Waals surface area contributed by atoms with E-state index in [-0.39, 0.29) is 0 Å². The number of pyridine rings is 1. The summed E-state index contributed by atoms with van der Waals surface area (Å²) in [5.41, 5.74) is 3.25. The van der Waals surface area contributed by atoms with E-state index in [1.165, 1.54) is 7.11 Å². The van der Waals surface area contributed by atoms with Gasteiger partial charge in [-0.1, -0.05) is 24.3 Å². The highest BCUT2D eigenvalue weighted by molar-refractivity contribution is 5.87. The second kappa shape index (κ2) is 6.70. The van der Waals surface area contributed by atoms with Crippen LogP contribution in [-0.2, 0) is 4.74 Å². The van der Waals surface area contributed by atoms with Gasteiger partial charge < -0.3 is 9.64 Å². The zero-order valence-electron chi connectivity index (χ0n) is 12.4. The van der Waals surface area contributed by atoms with Crippen LogP contribution in [0, 0.1) is 0 Å². The molecule has 4 nitrogen and oxygen atoms in total. The van der Waals surface area contributed by atoms with Crippen molar-refractivity contribution in [3.05, 3.63) is 59.4 Å². The molecule has 1 aromatic carbocycles. The van der Waals surface area contributed by atoms with E-state index in [0.29, 0.717) is 5.69 Å². The highest BCUT2D eigenvalue weighted by Crippen LogP contribution is 2.14. The fourth-order valence-electron chi connectivity index (χ4n) is 1.83. The minimum absolute atomic E-state index is 0.308. The number of rotatable bonds is 4. The van der Waals surface area contributed by atoms with Gasteiger partial charge in [-0.15, -0.1) is 0 Å². The molecule has 108 valence electrons. The molecular weight excluding hydrogens is 264 g/mol. The van der Waals surface area contributed by atoms with Crippen molar-refractivity contribution >= 4 is 23.8 Å². The van der Waals surface area contributed by atoms with Crippen LogP contribution in [0.15, 0.2) is 42.5 Å². The Kier molecular flexibility index (Phi) is 4.72. The molecule has 0 aliphatic heterocycles. The highest BCUT2D eigenvalue weighted by atomic mass is 16.5. The normalized spacial score (nSPS) is 10.6. The lowest BCUT2D eigenvalue weighted by Crippen LogP contribution is -2.07. The van der Waals surface area contributed by atoms with Crippen molar-refractivity contribution in [3.63, 3.8) is 0 Å². The van der Waals surface area contributed by atoms with Gasteiger partial charge in [0.25, 0.3) is 0 Å². The Hall–Kier alpha value is -2.62. The lowest BCUT2D eigenvalue weighted by atomic mass is 10.1. The summed E-state index contributed by atoms with van der Waals surface area (Å²) in [7, 11) is 5.36. The Morgan fingerprint density at radius 2 is 1.81 bits per heavy atom. The zero-order chi connectivity index (χ0) is 15.2. The Balaban J connectivity index is 2.15. The molecule has 0 amide bonds. The Bertz CT molecular complexity index is 646. The van der Waals surface area contributed by atoms with E-state index < -0.39 is 5.97 Å². The first-order valence-electron chi connectivity index (χ1n) is 6.61. The van der Waals surface area contributed by atoms with Crippen LogP contribution in [0.1, 0.15) is 21.7 Å². The first-order chi connectivity index (χ1) is 10.1. The van der Waals surface area contributed by atoms with Crippen molar-refractivity contribution in [2.24, 2.45) is 0 Å². The van der Waals surface area contributed by atoms with E-state index in [1.807, 2.05) is 44.4 Å². The lowest BCUT2D eigenvalue weighted by molar-refractivity contribution is 0.0594. The monoisotopic (exact) mass is 282 g/mol. The van der Waals surface area contributed by atoms with Crippen LogP contribution in [0.2, 0.25) is 0 Å². The minimum atomic E-state index is -0.430. The SMILES string of the molecule is COC(=O)c1cccc(C=Cc2ccc(N(C)C)cc2)n1. The van der Waals surface area contributed by atoms with Gasteiger partial charge in [-0.3, -0.25) is 0 Å². The maximum absolute atomic E-state index is 11.4. The number of carbonyl (C=O) groups excluding carboxylic acids is 1. The first kappa shape index (κ1) is 14.8. The first-order valence-corrected chi connectivity index (χ1v) is 6.61. The second-order valence-corrected chi connectivity index (χ2v) is 4.76. The van der Waals surface area contributed by atoms with Crippen LogP contribution in [0.3, 0.4) is 0 Å². The van der Waals surface area contributed by atoms with Gasteiger partial charge in [-0.25, -0.2) is 9.78 Å². The molecule has 1 aromatic heterocycles. The molecule has 0 saturated carbocycles. The summed E-state index contributed by atoms with van der Waals surface area (Å²) in [6.45, 7) is 0. The van der Waals surface area contributed by atoms with Crippen molar-refractivity contribution in [1.29, 1.82) is 0 Å². The van der Waals surface area contributed by atoms with Gasteiger partial charge >= 0.3 is 5.97 Å². The molecule has 0 fully saturated rings. The topological polar surface area (TPSA) is 42.4 Å². The summed E-state index contributed by atoms with van der Waals surface area (Å²) >= 11 is 0. The van der Waals surface area contributed by atoms with Crippen LogP contribution in [0.5, 0.6) is 0 Å². The number of hydrogen-bond donors (Lipinski definition) is 0. The average molecular weight is 282 g/mol. The molecule has 0 N–H and O–H groups in total. The molecule has 0 aliphatic rings. The molecule has 0 bridgehead atoms. The second-order valence-electron chi connectivity index (χ2n) is 4.76. The molecule has 1 heterocycles. The summed E-state index contributed by atoms with van der Waals surface area (Å²) in [4.78, 5) is 17.7. The average Bonchev–Trinajstić information content (AvgIpc) is 2.52. The number of nitrogens with zero attached hydrogens (tertiary/aromatic N) is 2. The summed E-state index contributed by atoms with van der Waals surface area (Å²) < 4.78 is 4.66. The number of methoxy groups -OCH3 is 1. The van der Waals surface area contributed by atoms with Crippen LogP contribution < -0.4 is 4.90 Å². The van der Waals surface area contributed by atoms with Crippen molar-refractivity contribution < 1.29 is 9.53 Å². The molecule has 4 heteroatoms. The molecular formula is C17H18N2O2. The van der Waals surface area contributed by atoms with Gasteiger partial charge in [0.05, 0.1) is 12.8 Å². The number of carbonyl (C=O) groups is 1. The standard InChI is InChI=1S/C17H18N2O2/c1-19(2)15-11-8-13(9-12-15)7-10-14-5-4-6-16(18-14)17(20)21-3/h4-12H,1-3H3. The fourth-order valence-corrected chi connectivity index (χ4v) is 1.83. The minimum Gasteiger partial charge on any atom is -0.464 e. The van der Waals surface area contributed by atoms with Gasteiger partial charge in [0, 0.05) is 19.8 Å². The smallest absolute Gasteiger partial charge is 0.356 e. The molecule has 21 heavy (non-hydrogen) atoms. The van der Waals surface area contributed by atoms with Crippen molar-refractivity contribution in [2.75, 3.05) is 26.1 Å². The molecule has 0 spiro atoms. The molecule has 0 atom stereocenters. The maximum atomic E-state index is 11.4. The number of anilines is 1. The number of hydrogen-bond acceptors (Lipinski definition) is 4. The third-order valence-corrected chi connectivity index (χ3v) is 3.02. The highest BCUT2D eigenvalue weighted by Gasteiger charge is 2.05. The number of aromatic nitrogens is 1. The van der Waals surface area contributed by atoms with Crippen LogP contribution in [0.25, 0.3) is 12.2 Å². The summed E-state index contributed by atoms with van der Waals surface area (Å²) in [5, 5.41) is 0.